The number of hydrogen-bond donors (Lipinski definition) is 2. The van der Waals surface area contributed by atoms with Crippen LogP contribution in [0.15, 0.2) is 0 Å². The summed E-state index contributed by atoms with van der Waals surface area (Å²) in [5.41, 5.74) is 0. The first-order valence-corrected chi connectivity index (χ1v) is 6.67. The minimum Gasteiger partial charge on any atom is -0.480 e. The molecule has 2 N–H and O–H groups in total. The first kappa shape index (κ1) is 15.6. The van der Waals surface area contributed by atoms with Gasteiger partial charge in [-0.05, 0) is 39.2 Å². The lowest BCUT2D eigenvalue weighted by Crippen LogP contribution is -2.37. The van der Waals surface area contributed by atoms with E-state index in [0.717, 1.165) is 38.8 Å². The molecule has 6 heteroatoms. The van der Waals surface area contributed by atoms with Crippen LogP contribution in [-0.4, -0.2) is 52.8 Å². The molecule has 0 aromatic carbocycles. The van der Waals surface area contributed by atoms with Crippen LogP contribution in [0.5, 0.6) is 0 Å². The maximum atomic E-state index is 11.0. The number of carboxylic acid groups (broad SMARTS) is 1. The standard InChI is InChI=1S/C8H13NO2.C5H9NO2/c1-6(10)8-4-3-5-9(8)7(2)11;7-5(8)4-2-1-3-6-4/h8H,3-5H2,1-2H3;4,6H,1-3H2,(H,7,8). The van der Waals surface area contributed by atoms with Crippen LogP contribution in [0.2, 0.25) is 0 Å². The van der Waals surface area contributed by atoms with Gasteiger partial charge in [-0.2, -0.15) is 0 Å². The van der Waals surface area contributed by atoms with Crippen molar-refractivity contribution in [2.45, 2.75) is 51.6 Å². The summed E-state index contributed by atoms with van der Waals surface area (Å²) in [6.45, 7) is 4.67. The number of likely N-dealkylation sites (tertiary alicyclic amines) is 1. The van der Waals surface area contributed by atoms with Crippen LogP contribution >= 0.6 is 0 Å². The highest BCUT2D eigenvalue weighted by Crippen LogP contribution is 2.17. The number of amides is 1. The van der Waals surface area contributed by atoms with E-state index in [0.29, 0.717) is 0 Å². The number of ketones is 1. The molecule has 2 atom stereocenters. The van der Waals surface area contributed by atoms with Gasteiger partial charge < -0.3 is 15.3 Å². The summed E-state index contributed by atoms with van der Waals surface area (Å²) in [6.07, 6.45) is 3.59. The third-order valence-corrected chi connectivity index (χ3v) is 3.48. The number of hydrogen-bond acceptors (Lipinski definition) is 4. The van der Waals surface area contributed by atoms with Crippen molar-refractivity contribution in [3.63, 3.8) is 0 Å². The van der Waals surface area contributed by atoms with Gasteiger partial charge in [0.2, 0.25) is 5.91 Å². The molecule has 2 saturated heterocycles. The normalized spacial score (nSPS) is 25.7. The number of carboxylic acids is 1. The van der Waals surface area contributed by atoms with Crippen LogP contribution in [-0.2, 0) is 14.4 Å². The zero-order valence-corrected chi connectivity index (χ0v) is 11.5. The van der Waals surface area contributed by atoms with Crippen LogP contribution < -0.4 is 5.32 Å². The summed E-state index contributed by atoms with van der Waals surface area (Å²) >= 11 is 0. The fraction of sp³-hybridized carbons (Fsp3) is 0.769. The monoisotopic (exact) mass is 270 g/mol. The van der Waals surface area contributed by atoms with E-state index >= 15 is 0 Å². The van der Waals surface area contributed by atoms with E-state index in [1.54, 1.807) is 11.8 Å². The van der Waals surface area contributed by atoms with Gasteiger partial charge in [0, 0.05) is 13.5 Å². The minimum absolute atomic E-state index is 0.0164. The molecule has 2 rings (SSSR count). The highest BCUT2D eigenvalue weighted by molar-refractivity contribution is 5.87. The Kier molecular flexibility index (Phi) is 5.95. The lowest BCUT2D eigenvalue weighted by molar-refractivity contribution is -0.139. The molecule has 2 aliphatic rings. The predicted octanol–water partition coefficient (Wildman–Crippen LogP) is 0.409. The molecule has 2 unspecified atom stereocenters. The number of rotatable bonds is 2. The maximum Gasteiger partial charge on any atom is 0.320 e. The minimum atomic E-state index is -0.720. The molecule has 0 spiro atoms. The summed E-state index contributed by atoms with van der Waals surface area (Å²) in [7, 11) is 0. The van der Waals surface area contributed by atoms with Crippen molar-refractivity contribution in [3.05, 3.63) is 0 Å². The van der Waals surface area contributed by atoms with Crippen LogP contribution in [0.3, 0.4) is 0 Å². The number of Topliss-reactive ketones (excluding diaryl/α,β-unsaturated/α-hetero) is 1. The van der Waals surface area contributed by atoms with E-state index in [-0.39, 0.29) is 23.8 Å². The molecule has 2 aliphatic heterocycles. The molecule has 0 saturated carbocycles. The average molecular weight is 270 g/mol. The quantitative estimate of drug-likeness (QED) is 0.759. The lowest BCUT2D eigenvalue weighted by Gasteiger charge is -2.20. The van der Waals surface area contributed by atoms with E-state index in [9.17, 15) is 14.4 Å². The Labute approximate surface area is 113 Å². The van der Waals surface area contributed by atoms with Crippen LogP contribution in [0.4, 0.5) is 0 Å². The average Bonchev–Trinajstić information content (AvgIpc) is 3.01. The lowest BCUT2D eigenvalue weighted by atomic mass is 10.1. The van der Waals surface area contributed by atoms with Crippen LogP contribution in [0, 0.1) is 0 Å². The largest absolute Gasteiger partial charge is 0.480 e. The topological polar surface area (TPSA) is 86.7 Å². The predicted molar refractivity (Wildman–Crippen MR) is 69.8 cm³/mol. The third-order valence-electron chi connectivity index (χ3n) is 3.48. The molecular weight excluding hydrogens is 248 g/mol. The van der Waals surface area contributed by atoms with Crippen LogP contribution in [0.1, 0.15) is 39.5 Å². The third kappa shape index (κ3) is 4.63. The molecule has 0 bridgehead atoms. The Balaban J connectivity index is 0.000000200. The van der Waals surface area contributed by atoms with Crippen LogP contribution in [0.25, 0.3) is 0 Å². The second-order valence-corrected chi connectivity index (χ2v) is 4.97. The van der Waals surface area contributed by atoms with Crippen molar-refractivity contribution < 1.29 is 19.5 Å². The highest BCUT2D eigenvalue weighted by atomic mass is 16.4. The Hall–Kier alpha value is -1.43. The fourth-order valence-corrected chi connectivity index (χ4v) is 2.46. The van der Waals surface area contributed by atoms with Gasteiger partial charge in [0.15, 0.2) is 5.78 Å². The van der Waals surface area contributed by atoms with E-state index in [4.69, 9.17) is 5.11 Å². The summed E-state index contributed by atoms with van der Waals surface area (Å²) < 4.78 is 0. The van der Waals surface area contributed by atoms with Gasteiger partial charge in [0.1, 0.15) is 6.04 Å². The number of nitrogens with one attached hydrogen (secondary N) is 1. The zero-order valence-electron chi connectivity index (χ0n) is 11.5. The highest BCUT2D eigenvalue weighted by Gasteiger charge is 2.29. The first-order valence-electron chi connectivity index (χ1n) is 6.67. The van der Waals surface area contributed by atoms with Gasteiger partial charge in [-0.15, -0.1) is 0 Å². The van der Waals surface area contributed by atoms with Gasteiger partial charge in [-0.3, -0.25) is 14.4 Å². The van der Waals surface area contributed by atoms with Crippen molar-refractivity contribution >= 4 is 17.7 Å². The van der Waals surface area contributed by atoms with Gasteiger partial charge in [-0.25, -0.2) is 0 Å². The summed E-state index contributed by atoms with van der Waals surface area (Å²) in [5.74, 6) is -0.595. The van der Waals surface area contributed by atoms with Gasteiger partial charge in [0.05, 0.1) is 6.04 Å². The van der Waals surface area contributed by atoms with Gasteiger partial charge >= 0.3 is 5.97 Å². The zero-order chi connectivity index (χ0) is 14.4. The molecule has 6 nitrogen and oxygen atoms in total. The Bertz CT molecular complexity index is 331. The van der Waals surface area contributed by atoms with Crippen molar-refractivity contribution in [1.29, 1.82) is 0 Å². The molecule has 0 aliphatic carbocycles. The smallest absolute Gasteiger partial charge is 0.320 e. The summed E-state index contributed by atoms with van der Waals surface area (Å²) in [5, 5.41) is 11.2. The van der Waals surface area contributed by atoms with E-state index in [2.05, 4.69) is 5.32 Å². The van der Waals surface area contributed by atoms with E-state index in [1.165, 1.54) is 6.92 Å². The van der Waals surface area contributed by atoms with E-state index < -0.39 is 5.97 Å². The second-order valence-electron chi connectivity index (χ2n) is 4.97. The summed E-state index contributed by atoms with van der Waals surface area (Å²) in [4.78, 5) is 33.7. The number of nitrogens with zero attached hydrogens (tertiary/aromatic N) is 1. The number of carbonyl (C=O) groups is 3. The molecular formula is C13H22N2O4. The second kappa shape index (κ2) is 7.23. The molecule has 1 amide bonds. The molecule has 0 aromatic rings. The Morgan fingerprint density at radius 2 is 1.84 bits per heavy atom. The van der Waals surface area contributed by atoms with Crippen molar-refractivity contribution in [3.8, 4) is 0 Å². The Morgan fingerprint density at radius 3 is 2.16 bits per heavy atom. The first-order chi connectivity index (χ1) is 8.93. The molecule has 2 heterocycles. The van der Waals surface area contributed by atoms with Crippen molar-refractivity contribution in [2.75, 3.05) is 13.1 Å². The fourth-order valence-electron chi connectivity index (χ4n) is 2.46. The Morgan fingerprint density at radius 1 is 1.16 bits per heavy atom. The van der Waals surface area contributed by atoms with Crippen molar-refractivity contribution in [1.82, 2.24) is 10.2 Å². The molecule has 19 heavy (non-hydrogen) atoms. The van der Waals surface area contributed by atoms with E-state index in [1.807, 2.05) is 0 Å². The van der Waals surface area contributed by atoms with Gasteiger partial charge in [-0.1, -0.05) is 0 Å². The SMILES string of the molecule is CC(=O)C1CCCN1C(C)=O.O=C(O)C1CCCN1. The summed E-state index contributed by atoms with van der Waals surface area (Å²) in [6, 6.07) is -0.400. The molecule has 108 valence electrons. The number of carbonyl (C=O) groups excluding carboxylic acids is 2. The molecule has 0 aromatic heterocycles. The van der Waals surface area contributed by atoms with Gasteiger partial charge in [0.25, 0.3) is 0 Å². The molecule has 0 radical (unpaired) electrons. The van der Waals surface area contributed by atoms with Crippen molar-refractivity contribution in [2.24, 2.45) is 0 Å². The number of aliphatic carboxylic acids is 1. The molecule has 2 fully saturated rings. The maximum absolute atomic E-state index is 11.0.